The third-order valence-corrected chi connectivity index (χ3v) is 4.01. The maximum atomic E-state index is 9.38. The summed E-state index contributed by atoms with van der Waals surface area (Å²) in [5, 5.41) is 21.1. The number of halogens is 1. The van der Waals surface area contributed by atoms with Crippen molar-refractivity contribution in [3.8, 4) is 0 Å². The first-order valence-corrected chi connectivity index (χ1v) is 7.46. The summed E-state index contributed by atoms with van der Waals surface area (Å²) in [6.45, 7) is 5.31. The van der Waals surface area contributed by atoms with E-state index in [2.05, 4.69) is 26.0 Å². The van der Waals surface area contributed by atoms with Crippen LogP contribution in [0.1, 0.15) is 19.4 Å². The molecule has 0 spiro atoms. The number of oxime groups is 1. The van der Waals surface area contributed by atoms with Crippen molar-refractivity contribution in [1.82, 2.24) is 0 Å². The summed E-state index contributed by atoms with van der Waals surface area (Å²) in [5.41, 5.74) is 6.88. The molecule has 116 valence electrons. The molecule has 0 aromatic heterocycles. The zero-order valence-electron chi connectivity index (χ0n) is 12.1. The fourth-order valence-electron chi connectivity index (χ4n) is 2.55. The number of morpholine rings is 1. The van der Waals surface area contributed by atoms with Crippen LogP contribution in [0.4, 0.5) is 5.69 Å². The molecular weight excluding hydrogens is 338 g/mol. The molecule has 0 amide bonds. The number of ether oxygens (including phenoxy) is 1. The Balaban J connectivity index is 2.29. The van der Waals surface area contributed by atoms with Crippen molar-refractivity contribution >= 4 is 27.5 Å². The van der Waals surface area contributed by atoms with Crippen LogP contribution >= 0.6 is 15.9 Å². The van der Waals surface area contributed by atoms with Gasteiger partial charge in [-0.1, -0.05) is 5.16 Å². The highest BCUT2D eigenvalue weighted by Gasteiger charge is 2.33. The fraction of sp³-hybridized carbons (Fsp3) is 0.500. The van der Waals surface area contributed by atoms with Gasteiger partial charge in [-0.3, -0.25) is 0 Å². The summed E-state index contributed by atoms with van der Waals surface area (Å²) in [6, 6.07) is 5.51. The summed E-state index contributed by atoms with van der Waals surface area (Å²) in [4.78, 5) is 2.16. The SMILES string of the molecule is CC1(C)CN(c2ccc(/C(N)=N/O)cc2Br)CC(CO)O1. The molecular formula is C14H20BrN3O3. The van der Waals surface area contributed by atoms with Gasteiger partial charge in [0.2, 0.25) is 0 Å². The van der Waals surface area contributed by atoms with Crippen molar-refractivity contribution < 1.29 is 15.1 Å². The third-order valence-electron chi connectivity index (χ3n) is 3.38. The molecule has 1 heterocycles. The highest BCUT2D eigenvalue weighted by molar-refractivity contribution is 9.10. The molecule has 7 heteroatoms. The fourth-order valence-corrected chi connectivity index (χ4v) is 3.18. The maximum Gasteiger partial charge on any atom is 0.170 e. The molecule has 6 nitrogen and oxygen atoms in total. The van der Waals surface area contributed by atoms with E-state index in [1.54, 1.807) is 12.1 Å². The predicted molar refractivity (Wildman–Crippen MR) is 84.9 cm³/mol. The summed E-state index contributed by atoms with van der Waals surface area (Å²) in [6.07, 6.45) is -0.218. The highest BCUT2D eigenvalue weighted by atomic mass is 79.9. The lowest BCUT2D eigenvalue weighted by molar-refractivity contribution is -0.101. The van der Waals surface area contributed by atoms with Crippen LogP contribution in [0.3, 0.4) is 0 Å². The van der Waals surface area contributed by atoms with Gasteiger partial charge in [0.1, 0.15) is 0 Å². The van der Waals surface area contributed by atoms with Crippen LogP contribution in [-0.4, -0.2) is 47.6 Å². The summed E-state index contributed by atoms with van der Waals surface area (Å²) >= 11 is 3.52. The maximum absolute atomic E-state index is 9.38. The van der Waals surface area contributed by atoms with Crippen molar-refractivity contribution in [3.63, 3.8) is 0 Å². The zero-order valence-corrected chi connectivity index (χ0v) is 13.7. The van der Waals surface area contributed by atoms with E-state index in [-0.39, 0.29) is 24.1 Å². The van der Waals surface area contributed by atoms with Gasteiger partial charge in [-0.15, -0.1) is 0 Å². The number of nitrogens with zero attached hydrogens (tertiary/aromatic N) is 2. The molecule has 0 saturated carbocycles. The Bertz CT molecular complexity index is 548. The van der Waals surface area contributed by atoms with E-state index in [4.69, 9.17) is 15.7 Å². The predicted octanol–water partition coefficient (Wildman–Crippen LogP) is 1.52. The second kappa shape index (κ2) is 6.21. The molecule has 21 heavy (non-hydrogen) atoms. The Kier molecular flexibility index (Phi) is 4.75. The molecule has 1 aromatic carbocycles. The van der Waals surface area contributed by atoms with Crippen molar-refractivity contribution in [2.45, 2.75) is 25.6 Å². The smallest absolute Gasteiger partial charge is 0.170 e. The van der Waals surface area contributed by atoms with Crippen LogP contribution < -0.4 is 10.6 Å². The quantitative estimate of drug-likeness (QED) is 0.330. The number of aliphatic hydroxyl groups excluding tert-OH is 1. The molecule has 1 atom stereocenters. The summed E-state index contributed by atoms with van der Waals surface area (Å²) in [7, 11) is 0. The first kappa shape index (κ1) is 16.1. The zero-order chi connectivity index (χ0) is 15.6. The van der Waals surface area contributed by atoms with Crippen LogP contribution in [0.25, 0.3) is 0 Å². The first-order chi connectivity index (χ1) is 9.86. The lowest BCUT2D eigenvalue weighted by atomic mass is 10.0. The van der Waals surface area contributed by atoms with E-state index >= 15 is 0 Å². The molecule has 1 aliphatic heterocycles. The van der Waals surface area contributed by atoms with Gasteiger partial charge in [-0.05, 0) is 48.0 Å². The van der Waals surface area contributed by atoms with E-state index in [1.807, 2.05) is 19.9 Å². The molecule has 4 N–H and O–H groups in total. The monoisotopic (exact) mass is 357 g/mol. The van der Waals surface area contributed by atoms with E-state index in [0.29, 0.717) is 18.7 Å². The van der Waals surface area contributed by atoms with Crippen LogP contribution in [0.5, 0.6) is 0 Å². The molecule has 1 fully saturated rings. The van der Waals surface area contributed by atoms with Crippen molar-refractivity contribution in [3.05, 3.63) is 28.2 Å². The topological polar surface area (TPSA) is 91.3 Å². The summed E-state index contributed by atoms with van der Waals surface area (Å²) < 4.78 is 6.66. The molecule has 0 bridgehead atoms. The number of rotatable bonds is 3. The van der Waals surface area contributed by atoms with Gasteiger partial charge >= 0.3 is 0 Å². The number of hydrogen-bond acceptors (Lipinski definition) is 5. The third kappa shape index (κ3) is 3.66. The van der Waals surface area contributed by atoms with Gasteiger partial charge in [-0.25, -0.2) is 0 Å². The standard InChI is InChI=1S/C14H20BrN3O3/c1-14(2)8-18(6-10(7-19)21-14)12-4-3-9(5-11(12)15)13(16)17-20/h3-5,10,19-20H,6-8H2,1-2H3,(H2,16,17). The number of benzene rings is 1. The molecule has 2 rings (SSSR count). The second-order valence-corrected chi connectivity index (χ2v) is 6.57. The normalized spacial score (nSPS) is 22.4. The number of amidine groups is 1. The lowest BCUT2D eigenvalue weighted by Crippen LogP contribution is -2.54. The number of hydrogen-bond donors (Lipinski definition) is 3. The molecule has 1 aliphatic rings. The Morgan fingerprint density at radius 3 is 2.86 bits per heavy atom. The number of aliphatic hydroxyl groups is 1. The molecule has 0 radical (unpaired) electrons. The highest BCUT2D eigenvalue weighted by Crippen LogP contribution is 2.32. The van der Waals surface area contributed by atoms with Crippen molar-refractivity contribution in [2.24, 2.45) is 10.9 Å². The molecule has 1 unspecified atom stereocenters. The minimum absolute atomic E-state index is 0.0141. The minimum atomic E-state index is -0.338. The number of nitrogens with two attached hydrogens (primary N) is 1. The Labute approximate surface area is 132 Å². The Hall–Kier alpha value is -1.31. The van der Waals surface area contributed by atoms with E-state index in [1.165, 1.54) is 0 Å². The molecule has 0 aliphatic carbocycles. The van der Waals surface area contributed by atoms with Crippen molar-refractivity contribution in [1.29, 1.82) is 0 Å². The summed E-state index contributed by atoms with van der Waals surface area (Å²) in [5.74, 6) is 0.0674. The van der Waals surface area contributed by atoms with Crippen LogP contribution in [0.2, 0.25) is 0 Å². The minimum Gasteiger partial charge on any atom is -0.409 e. The van der Waals surface area contributed by atoms with Gasteiger partial charge in [0.15, 0.2) is 5.84 Å². The average molecular weight is 358 g/mol. The Morgan fingerprint density at radius 1 is 1.57 bits per heavy atom. The van der Waals surface area contributed by atoms with Gasteiger partial charge in [0, 0.05) is 23.1 Å². The van der Waals surface area contributed by atoms with Crippen LogP contribution in [-0.2, 0) is 4.74 Å². The lowest BCUT2D eigenvalue weighted by Gasteiger charge is -2.43. The van der Waals surface area contributed by atoms with E-state index in [0.717, 1.165) is 10.2 Å². The van der Waals surface area contributed by atoms with Gasteiger partial charge in [0.05, 0.1) is 24.0 Å². The Morgan fingerprint density at radius 2 is 2.29 bits per heavy atom. The van der Waals surface area contributed by atoms with E-state index < -0.39 is 0 Å². The van der Waals surface area contributed by atoms with Crippen LogP contribution in [0, 0.1) is 0 Å². The molecule has 1 aromatic rings. The van der Waals surface area contributed by atoms with Crippen LogP contribution in [0.15, 0.2) is 27.8 Å². The first-order valence-electron chi connectivity index (χ1n) is 6.67. The van der Waals surface area contributed by atoms with Gasteiger partial charge in [-0.2, -0.15) is 0 Å². The van der Waals surface area contributed by atoms with E-state index in [9.17, 15) is 5.11 Å². The van der Waals surface area contributed by atoms with Gasteiger partial charge < -0.3 is 25.7 Å². The largest absolute Gasteiger partial charge is 0.409 e. The number of anilines is 1. The van der Waals surface area contributed by atoms with Crippen molar-refractivity contribution in [2.75, 3.05) is 24.6 Å². The average Bonchev–Trinajstić information content (AvgIpc) is 2.44. The van der Waals surface area contributed by atoms with Gasteiger partial charge in [0.25, 0.3) is 0 Å². The molecule has 1 saturated heterocycles. The second-order valence-electron chi connectivity index (χ2n) is 5.71.